The third-order valence-corrected chi connectivity index (χ3v) is 3.52. The van der Waals surface area contributed by atoms with Crippen LogP contribution in [0.15, 0.2) is 24.3 Å². The molecule has 92 valence electrons. The maximum absolute atomic E-state index is 11.3. The van der Waals surface area contributed by atoms with Crippen LogP contribution in [-0.4, -0.2) is 38.1 Å². The maximum Gasteiger partial charge on any atom is 0.337 e. The van der Waals surface area contributed by atoms with Gasteiger partial charge in [-0.2, -0.15) is 0 Å². The number of benzene rings is 1. The minimum atomic E-state index is -0.264. The van der Waals surface area contributed by atoms with Crippen molar-refractivity contribution >= 4 is 5.97 Å². The predicted molar refractivity (Wildman–Crippen MR) is 67.3 cm³/mol. The zero-order chi connectivity index (χ0) is 12.3. The second kappa shape index (κ2) is 5.32. The lowest BCUT2D eigenvalue weighted by atomic mass is 9.89. The van der Waals surface area contributed by atoms with Crippen molar-refractivity contribution in [2.45, 2.75) is 18.8 Å². The molecular formula is C14H19NO2. The van der Waals surface area contributed by atoms with Gasteiger partial charge in [-0.25, -0.2) is 4.79 Å². The molecule has 1 heterocycles. The average Bonchev–Trinajstić information content (AvgIpc) is 2.39. The van der Waals surface area contributed by atoms with Crippen molar-refractivity contribution in [1.29, 1.82) is 0 Å². The van der Waals surface area contributed by atoms with Gasteiger partial charge in [-0.15, -0.1) is 0 Å². The first kappa shape index (κ1) is 12.1. The van der Waals surface area contributed by atoms with Crippen LogP contribution in [0.2, 0.25) is 0 Å². The number of rotatable bonds is 2. The Kier molecular flexibility index (Phi) is 3.79. The number of hydrogen-bond donors (Lipinski definition) is 0. The van der Waals surface area contributed by atoms with E-state index in [4.69, 9.17) is 4.74 Å². The second-order valence-electron chi connectivity index (χ2n) is 4.69. The van der Waals surface area contributed by atoms with E-state index in [-0.39, 0.29) is 5.97 Å². The summed E-state index contributed by atoms with van der Waals surface area (Å²) >= 11 is 0. The molecule has 1 fully saturated rings. The number of esters is 1. The molecule has 17 heavy (non-hydrogen) atoms. The molecule has 0 aromatic heterocycles. The van der Waals surface area contributed by atoms with Crippen LogP contribution in [-0.2, 0) is 4.74 Å². The van der Waals surface area contributed by atoms with Crippen LogP contribution in [0, 0.1) is 0 Å². The molecule has 2 rings (SSSR count). The molecule has 1 aliphatic heterocycles. The number of nitrogens with zero attached hydrogens (tertiary/aromatic N) is 1. The molecule has 1 aliphatic rings. The Hall–Kier alpha value is -1.35. The Bertz CT molecular complexity index is 378. The van der Waals surface area contributed by atoms with Crippen LogP contribution in [0.25, 0.3) is 0 Å². The van der Waals surface area contributed by atoms with E-state index in [0.717, 1.165) is 13.1 Å². The molecule has 0 radical (unpaired) electrons. The standard InChI is InChI=1S/C14H19NO2/c1-15-9-7-12(8-10-15)11-3-5-13(6-4-11)14(16)17-2/h3-6,12H,7-10H2,1-2H3. The lowest BCUT2D eigenvalue weighted by molar-refractivity contribution is 0.0600. The van der Waals surface area contributed by atoms with Crippen LogP contribution < -0.4 is 0 Å². The quantitative estimate of drug-likeness (QED) is 0.734. The summed E-state index contributed by atoms with van der Waals surface area (Å²) < 4.78 is 4.69. The van der Waals surface area contributed by atoms with E-state index in [1.165, 1.54) is 25.5 Å². The third-order valence-electron chi connectivity index (χ3n) is 3.52. The summed E-state index contributed by atoms with van der Waals surface area (Å²) in [5.41, 5.74) is 1.97. The molecular weight excluding hydrogens is 214 g/mol. The van der Waals surface area contributed by atoms with Gasteiger partial charge >= 0.3 is 5.97 Å². The van der Waals surface area contributed by atoms with Gasteiger partial charge in [0.2, 0.25) is 0 Å². The predicted octanol–water partition coefficient (Wildman–Crippen LogP) is 2.28. The highest BCUT2D eigenvalue weighted by Gasteiger charge is 2.18. The van der Waals surface area contributed by atoms with Crippen molar-refractivity contribution in [3.05, 3.63) is 35.4 Å². The minimum Gasteiger partial charge on any atom is -0.465 e. The number of carbonyl (C=O) groups is 1. The molecule has 0 bridgehead atoms. The van der Waals surface area contributed by atoms with E-state index in [0.29, 0.717) is 11.5 Å². The molecule has 0 N–H and O–H groups in total. The van der Waals surface area contributed by atoms with E-state index >= 15 is 0 Å². The van der Waals surface area contributed by atoms with Crippen molar-refractivity contribution in [3.8, 4) is 0 Å². The summed E-state index contributed by atoms with van der Waals surface area (Å²) in [4.78, 5) is 13.7. The highest BCUT2D eigenvalue weighted by atomic mass is 16.5. The lowest BCUT2D eigenvalue weighted by Crippen LogP contribution is -2.29. The van der Waals surface area contributed by atoms with Crippen LogP contribution in [0.4, 0.5) is 0 Å². The van der Waals surface area contributed by atoms with E-state index in [1.807, 2.05) is 12.1 Å². The highest BCUT2D eigenvalue weighted by Crippen LogP contribution is 2.27. The van der Waals surface area contributed by atoms with E-state index in [9.17, 15) is 4.79 Å². The number of likely N-dealkylation sites (tertiary alicyclic amines) is 1. The molecule has 1 saturated heterocycles. The van der Waals surface area contributed by atoms with Crippen LogP contribution in [0.5, 0.6) is 0 Å². The van der Waals surface area contributed by atoms with Crippen molar-refractivity contribution in [1.82, 2.24) is 4.90 Å². The summed E-state index contributed by atoms with van der Waals surface area (Å²) in [6.45, 7) is 2.31. The fraction of sp³-hybridized carbons (Fsp3) is 0.500. The Morgan fingerprint density at radius 1 is 1.24 bits per heavy atom. The molecule has 0 amide bonds. The van der Waals surface area contributed by atoms with Crippen LogP contribution >= 0.6 is 0 Å². The van der Waals surface area contributed by atoms with Crippen molar-refractivity contribution < 1.29 is 9.53 Å². The zero-order valence-electron chi connectivity index (χ0n) is 10.5. The van der Waals surface area contributed by atoms with Gasteiger partial charge in [0, 0.05) is 0 Å². The molecule has 1 aromatic rings. The topological polar surface area (TPSA) is 29.5 Å². The molecule has 0 unspecified atom stereocenters. The molecule has 3 heteroatoms. The second-order valence-corrected chi connectivity index (χ2v) is 4.69. The Labute approximate surface area is 102 Å². The van der Waals surface area contributed by atoms with Crippen LogP contribution in [0.3, 0.4) is 0 Å². The largest absolute Gasteiger partial charge is 0.465 e. The van der Waals surface area contributed by atoms with Gasteiger partial charge in [0.05, 0.1) is 12.7 Å². The summed E-state index contributed by atoms with van der Waals surface area (Å²) in [6, 6.07) is 7.84. The maximum atomic E-state index is 11.3. The average molecular weight is 233 g/mol. The SMILES string of the molecule is COC(=O)c1ccc(C2CCN(C)CC2)cc1. The highest BCUT2D eigenvalue weighted by molar-refractivity contribution is 5.89. The molecule has 0 spiro atoms. The van der Waals surface area contributed by atoms with Gasteiger partial charge in [0.15, 0.2) is 0 Å². The fourth-order valence-electron chi connectivity index (χ4n) is 2.35. The molecule has 0 saturated carbocycles. The normalized spacial score (nSPS) is 18.0. The summed E-state index contributed by atoms with van der Waals surface area (Å²) in [6.07, 6.45) is 2.40. The summed E-state index contributed by atoms with van der Waals surface area (Å²) in [5, 5.41) is 0. The number of hydrogen-bond acceptors (Lipinski definition) is 3. The third kappa shape index (κ3) is 2.86. The van der Waals surface area contributed by atoms with E-state index in [1.54, 1.807) is 0 Å². The monoisotopic (exact) mass is 233 g/mol. The van der Waals surface area contributed by atoms with Crippen molar-refractivity contribution in [2.75, 3.05) is 27.2 Å². The molecule has 0 atom stereocenters. The van der Waals surface area contributed by atoms with E-state index in [2.05, 4.69) is 24.1 Å². The minimum absolute atomic E-state index is 0.264. The Morgan fingerprint density at radius 2 is 1.82 bits per heavy atom. The first-order valence-electron chi connectivity index (χ1n) is 6.07. The van der Waals surface area contributed by atoms with Gasteiger partial charge < -0.3 is 9.64 Å². The van der Waals surface area contributed by atoms with Gasteiger partial charge in [-0.05, 0) is 56.6 Å². The van der Waals surface area contributed by atoms with Crippen LogP contribution in [0.1, 0.15) is 34.7 Å². The van der Waals surface area contributed by atoms with Crippen molar-refractivity contribution in [2.24, 2.45) is 0 Å². The Morgan fingerprint density at radius 3 is 2.35 bits per heavy atom. The van der Waals surface area contributed by atoms with Crippen molar-refractivity contribution in [3.63, 3.8) is 0 Å². The summed E-state index contributed by atoms with van der Waals surface area (Å²) in [5.74, 6) is 0.373. The van der Waals surface area contributed by atoms with E-state index < -0.39 is 0 Å². The smallest absolute Gasteiger partial charge is 0.337 e. The number of carbonyl (C=O) groups excluding carboxylic acids is 1. The lowest BCUT2D eigenvalue weighted by Gasteiger charge is -2.29. The number of methoxy groups -OCH3 is 1. The molecule has 0 aliphatic carbocycles. The van der Waals surface area contributed by atoms with Gasteiger partial charge in [-0.1, -0.05) is 12.1 Å². The summed E-state index contributed by atoms with van der Waals surface area (Å²) in [7, 11) is 3.57. The molecule has 3 nitrogen and oxygen atoms in total. The van der Waals surface area contributed by atoms with Gasteiger partial charge in [0.25, 0.3) is 0 Å². The molecule has 1 aromatic carbocycles. The first-order valence-corrected chi connectivity index (χ1v) is 6.07. The van der Waals surface area contributed by atoms with Gasteiger partial charge in [0.1, 0.15) is 0 Å². The fourth-order valence-corrected chi connectivity index (χ4v) is 2.35. The zero-order valence-corrected chi connectivity index (χ0v) is 10.5. The number of ether oxygens (including phenoxy) is 1. The number of piperidine rings is 1. The van der Waals surface area contributed by atoms with Gasteiger partial charge in [-0.3, -0.25) is 0 Å². The first-order chi connectivity index (χ1) is 8.20. The Balaban J connectivity index is 2.05.